The second kappa shape index (κ2) is 10.0. The number of anilines is 2. The Hall–Kier alpha value is -4.32. The summed E-state index contributed by atoms with van der Waals surface area (Å²) in [6.45, 7) is 10.1. The standard InChI is InChI=1S/C28H34N10O2/c1-18-23(34-26(39)22-11-32-38-17-24(30-12-25(22)38)20-9-31-35(4)16-20)8-21(10-29-18)33-27(40)36-13-19(14-36)15-37-7-5-6-28(37,2)3/h8-12,16-17,19H,5-7,13-15H2,1-4H3,(H,33,40)(H,34,39). The highest BCUT2D eigenvalue weighted by Crippen LogP contribution is 2.31. The fraction of sp³-hybridized carbons (Fsp3) is 0.429. The quantitative estimate of drug-likeness (QED) is 0.382. The van der Waals surface area contributed by atoms with Crippen LogP contribution in [0.15, 0.2) is 43.2 Å². The molecule has 2 fully saturated rings. The molecule has 2 aliphatic rings. The number of fused-ring (bicyclic) bond motifs is 1. The Bertz CT molecular complexity index is 1580. The van der Waals surface area contributed by atoms with Crippen LogP contribution in [0, 0.1) is 12.8 Å². The van der Waals surface area contributed by atoms with Crippen LogP contribution in [0.3, 0.4) is 0 Å². The maximum Gasteiger partial charge on any atom is 0.321 e. The average molecular weight is 543 g/mol. The third kappa shape index (κ3) is 5.02. The van der Waals surface area contributed by atoms with E-state index in [9.17, 15) is 9.59 Å². The van der Waals surface area contributed by atoms with Gasteiger partial charge in [0.2, 0.25) is 0 Å². The van der Waals surface area contributed by atoms with E-state index >= 15 is 0 Å². The molecular weight excluding hydrogens is 508 g/mol. The summed E-state index contributed by atoms with van der Waals surface area (Å²) in [6.07, 6.45) is 12.6. The molecule has 12 nitrogen and oxygen atoms in total. The van der Waals surface area contributed by atoms with Crippen molar-refractivity contribution in [3.63, 3.8) is 0 Å². The Morgan fingerprint density at radius 3 is 2.60 bits per heavy atom. The smallest absolute Gasteiger partial charge is 0.321 e. The van der Waals surface area contributed by atoms with Gasteiger partial charge in [-0.2, -0.15) is 10.2 Å². The number of aromatic nitrogens is 6. The van der Waals surface area contributed by atoms with Gasteiger partial charge in [0, 0.05) is 49.9 Å². The fourth-order valence-corrected chi connectivity index (χ4v) is 5.55. The van der Waals surface area contributed by atoms with Crippen molar-refractivity contribution in [3.05, 3.63) is 54.5 Å². The zero-order valence-electron chi connectivity index (χ0n) is 23.3. The molecule has 0 aliphatic carbocycles. The summed E-state index contributed by atoms with van der Waals surface area (Å²) in [6, 6.07) is 1.57. The van der Waals surface area contributed by atoms with Crippen molar-refractivity contribution >= 4 is 28.8 Å². The van der Waals surface area contributed by atoms with Crippen LogP contribution in [-0.2, 0) is 7.05 Å². The molecule has 4 aromatic heterocycles. The minimum atomic E-state index is -0.338. The lowest BCUT2D eigenvalue weighted by atomic mass is 9.96. The first-order valence-electron chi connectivity index (χ1n) is 13.6. The molecule has 0 radical (unpaired) electrons. The van der Waals surface area contributed by atoms with Crippen molar-refractivity contribution in [3.8, 4) is 11.3 Å². The van der Waals surface area contributed by atoms with Gasteiger partial charge in [0.15, 0.2) is 0 Å². The Morgan fingerprint density at radius 1 is 1.05 bits per heavy atom. The van der Waals surface area contributed by atoms with Crippen LogP contribution in [0.25, 0.3) is 16.8 Å². The molecule has 2 saturated heterocycles. The SMILES string of the molecule is Cc1ncc(NC(=O)N2CC(CN3CCCC3(C)C)C2)cc1NC(=O)c1cnn2cc(-c3cnn(C)c3)ncc12. The van der Waals surface area contributed by atoms with Crippen LogP contribution < -0.4 is 10.6 Å². The third-order valence-corrected chi connectivity index (χ3v) is 8.03. The van der Waals surface area contributed by atoms with E-state index in [-0.39, 0.29) is 17.5 Å². The van der Waals surface area contributed by atoms with E-state index < -0.39 is 0 Å². The molecule has 6 heterocycles. The number of urea groups is 1. The number of likely N-dealkylation sites (tertiary alicyclic amines) is 2. The lowest BCUT2D eigenvalue weighted by Gasteiger charge is -2.43. The van der Waals surface area contributed by atoms with Gasteiger partial charge in [-0.25, -0.2) is 9.31 Å². The predicted molar refractivity (Wildman–Crippen MR) is 151 cm³/mol. The van der Waals surface area contributed by atoms with Gasteiger partial charge in [-0.1, -0.05) is 0 Å². The number of nitrogens with zero attached hydrogens (tertiary/aromatic N) is 8. The third-order valence-electron chi connectivity index (χ3n) is 8.03. The molecule has 0 spiro atoms. The first-order chi connectivity index (χ1) is 19.2. The Balaban J connectivity index is 1.08. The van der Waals surface area contributed by atoms with Gasteiger partial charge in [-0.3, -0.25) is 24.3 Å². The minimum absolute atomic E-state index is 0.155. The van der Waals surface area contributed by atoms with E-state index in [1.165, 1.54) is 19.0 Å². The van der Waals surface area contributed by atoms with E-state index in [4.69, 9.17) is 0 Å². The Kier molecular flexibility index (Phi) is 6.49. The number of rotatable bonds is 6. The number of carbonyl (C=O) groups excluding carboxylic acids is 2. The highest BCUT2D eigenvalue weighted by Gasteiger charge is 2.38. The van der Waals surface area contributed by atoms with E-state index in [2.05, 4.69) is 49.5 Å². The Labute approximate surface area is 232 Å². The number of pyridine rings is 1. The number of nitrogens with one attached hydrogen (secondary N) is 2. The molecule has 208 valence electrons. The first kappa shape index (κ1) is 25.9. The van der Waals surface area contributed by atoms with Crippen molar-refractivity contribution in [2.75, 3.05) is 36.8 Å². The van der Waals surface area contributed by atoms with Gasteiger partial charge in [0.05, 0.1) is 64.8 Å². The lowest BCUT2D eigenvalue weighted by Crippen LogP contribution is -2.56. The van der Waals surface area contributed by atoms with Crippen molar-refractivity contribution in [2.24, 2.45) is 13.0 Å². The summed E-state index contributed by atoms with van der Waals surface area (Å²) >= 11 is 0. The zero-order valence-corrected chi connectivity index (χ0v) is 23.3. The maximum absolute atomic E-state index is 13.2. The van der Waals surface area contributed by atoms with Crippen molar-refractivity contribution in [2.45, 2.75) is 39.2 Å². The predicted octanol–water partition coefficient (Wildman–Crippen LogP) is 3.42. The molecule has 0 bridgehead atoms. The first-order valence-corrected chi connectivity index (χ1v) is 13.6. The van der Waals surface area contributed by atoms with E-state index in [1.807, 2.05) is 18.1 Å². The van der Waals surface area contributed by atoms with E-state index in [0.29, 0.717) is 39.8 Å². The van der Waals surface area contributed by atoms with Crippen LogP contribution in [0.4, 0.5) is 16.2 Å². The molecule has 3 amide bonds. The van der Waals surface area contributed by atoms with Crippen molar-refractivity contribution in [1.29, 1.82) is 0 Å². The molecule has 2 aliphatic heterocycles. The van der Waals surface area contributed by atoms with Crippen LogP contribution in [0.2, 0.25) is 0 Å². The second-order valence-corrected chi connectivity index (χ2v) is 11.4. The zero-order chi connectivity index (χ0) is 28.0. The molecule has 0 unspecified atom stereocenters. The summed E-state index contributed by atoms with van der Waals surface area (Å²) in [5.74, 6) is 0.157. The Morgan fingerprint density at radius 2 is 1.88 bits per heavy atom. The van der Waals surface area contributed by atoms with E-state index in [0.717, 1.165) is 31.7 Å². The highest BCUT2D eigenvalue weighted by molar-refractivity contribution is 6.09. The largest absolute Gasteiger partial charge is 0.324 e. The van der Waals surface area contributed by atoms with E-state index in [1.54, 1.807) is 47.0 Å². The molecule has 40 heavy (non-hydrogen) atoms. The number of hydrogen-bond donors (Lipinski definition) is 2. The van der Waals surface area contributed by atoms with Crippen molar-refractivity contribution < 1.29 is 9.59 Å². The van der Waals surface area contributed by atoms with Gasteiger partial charge in [0.1, 0.15) is 0 Å². The summed E-state index contributed by atoms with van der Waals surface area (Å²) in [4.78, 5) is 39.3. The van der Waals surface area contributed by atoms with Crippen LogP contribution in [0.5, 0.6) is 0 Å². The number of carbonyl (C=O) groups is 2. The summed E-state index contributed by atoms with van der Waals surface area (Å²) in [7, 11) is 1.84. The highest BCUT2D eigenvalue weighted by atomic mass is 16.2. The van der Waals surface area contributed by atoms with Gasteiger partial charge in [0.25, 0.3) is 5.91 Å². The van der Waals surface area contributed by atoms with Gasteiger partial charge < -0.3 is 15.5 Å². The van der Waals surface area contributed by atoms with Gasteiger partial charge in [-0.05, 0) is 46.2 Å². The molecule has 2 N–H and O–H groups in total. The topological polar surface area (TPSA) is 126 Å². The molecule has 0 atom stereocenters. The summed E-state index contributed by atoms with van der Waals surface area (Å²) < 4.78 is 3.32. The average Bonchev–Trinajstić information content (AvgIpc) is 3.60. The lowest BCUT2D eigenvalue weighted by molar-refractivity contribution is 0.0717. The second-order valence-electron chi connectivity index (χ2n) is 11.4. The maximum atomic E-state index is 13.2. The number of amides is 3. The molecule has 12 heteroatoms. The normalized spacial score (nSPS) is 17.2. The molecule has 0 aromatic carbocycles. The fourth-order valence-electron chi connectivity index (χ4n) is 5.55. The molecular formula is C28H34N10O2. The van der Waals surface area contributed by atoms with Crippen LogP contribution >= 0.6 is 0 Å². The molecule has 4 aromatic rings. The van der Waals surface area contributed by atoms with Gasteiger partial charge in [-0.15, -0.1) is 0 Å². The summed E-state index contributed by atoms with van der Waals surface area (Å²) in [5, 5.41) is 14.4. The molecule has 0 saturated carbocycles. The number of aryl methyl sites for hydroxylation is 2. The number of hydrogen-bond acceptors (Lipinski definition) is 7. The van der Waals surface area contributed by atoms with Crippen LogP contribution in [0.1, 0.15) is 42.7 Å². The molecule has 6 rings (SSSR count). The van der Waals surface area contributed by atoms with Gasteiger partial charge >= 0.3 is 6.03 Å². The monoisotopic (exact) mass is 542 g/mol. The minimum Gasteiger partial charge on any atom is -0.324 e. The summed E-state index contributed by atoms with van der Waals surface area (Å²) in [5.41, 5.74) is 4.44. The van der Waals surface area contributed by atoms with Crippen molar-refractivity contribution in [1.82, 2.24) is 39.2 Å². The van der Waals surface area contributed by atoms with Crippen LogP contribution in [-0.4, -0.2) is 82.8 Å².